The van der Waals surface area contributed by atoms with Gasteiger partial charge in [-0.25, -0.2) is 9.69 Å². The molecule has 0 unspecified atom stereocenters. The van der Waals surface area contributed by atoms with Crippen LogP contribution in [-0.2, 0) is 24.0 Å². The van der Waals surface area contributed by atoms with Crippen molar-refractivity contribution in [2.75, 3.05) is 11.5 Å². The summed E-state index contributed by atoms with van der Waals surface area (Å²) in [5.74, 6) is -2.82. The Balaban J connectivity index is 1.91. The largest absolute Gasteiger partial charge is 0.461 e. The molecule has 114 valence electrons. The fourth-order valence-electron chi connectivity index (χ4n) is 2.50. The molecule has 2 heterocycles. The number of ether oxygens (including phenoxy) is 1. The Bertz CT molecular complexity index is 680. The first-order valence-corrected chi connectivity index (χ1v) is 6.90. The zero-order chi connectivity index (χ0) is 15.9. The molecule has 0 N–H and O–H groups in total. The lowest BCUT2D eigenvalue weighted by molar-refractivity contribution is -0.136. The van der Waals surface area contributed by atoms with Crippen molar-refractivity contribution in [1.82, 2.24) is 0 Å². The molecule has 7 heteroatoms. The third-order valence-corrected chi connectivity index (χ3v) is 3.59. The molecule has 0 radical (unpaired) electrons. The summed E-state index contributed by atoms with van der Waals surface area (Å²) in [6, 6.07) is 6.94. The number of amides is 2. The second-order valence-corrected chi connectivity index (χ2v) is 5.05. The zero-order valence-electron chi connectivity index (χ0n) is 12.1. The van der Waals surface area contributed by atoms with Crippen molar-refractivity contribution in [2.24, 2.45) is 11.1 Å². The van der Waals surface area contributed by atoms with Crippen LogP contribution in [0.25, 0.3) is 0 Å². The summed E-state index contributed by atoms with van der Waals surface area (Å²) in [7, 11) is 0. The number of oxime groups is 1. The second kappa shape index (κ2) is 5.25. The van der Waals surface area contributed by atoms with Crippen molar-refractivity contribution in [3.05, 3.63) is 29.8 Å². The number of anilines is 1. The zero-order valence-corrected chi connectivity index (χ0v) is 12.1. The van der Waals surface area contributed by atoms with Crippen LogP contribution in [0, 0.1) is 12.8 Å². The van der Waals surface area contributed by atoms with Gasteiger partial charge in [0.15, 0.2) is 5.71 Å². The molecule has 0 aromatic heterocycles. The Morgan fingerprint density at radius 3 is 2.59 bits per heavy atom. The maximum absolute atomic E-state index is 12.5. The smallest absolute Gasteiger partial charge is 0.357 e. The third-order valence-electron chi connectivity index (χ3n) is 3.59. The summed E-state index contributed by atoms with van der Waals surface area (Å²) in [4.78, 5) is 42.7. The number of nitrogens with zero attached hydrogens (tertiary/aromatic N) is 2. The second-order valence-electron chi connectivity index (χ2n) is 5.05. The van der Waals surface area contributed by atoms with E-state index in [1.54, 1.807) is 31.2 Å². The van der Waals surface area contributed by atoms with E-state index >= 15 is 0 Å². The van der Waals surface area contributed by atoms with E-state index in [1.807, 2.05) is 6.92 Å². The van der Waals surface area contributed by atoms with Gasteiger partial charge in [-0.1, -0.05) is 22.9 Å². The minimum Gasteiger partial charge on any atom is -0.461 e. The van der Waals surface area contributed by atoms with Gasteiger partial charge < -0.3 is 9.57 Å². The Hall–Kier alpha value is -2.70. The van der Waals surface area contributed by atoms with E-state index < -0.39 is 29.8 Å². The van der Waals surface area contributed by atoms with Crippen molar-refractivity contribution in [1.29, 1.82) is 0 Å². The number of aryl methyl sites for hydroxylation is 1. The van der Waals surface area contributed by atoms with Crippen LogP contribution < -0.4 is 4.90 Å². The third kappa shape index (κ3) is 2.05. The standard InChI is InChI=1S/C15H14N2O5/c1-3-21-15(20)11-10-12(22-16-11)14(19)17(13(10)18)9-6-4-8(2)5-7-9/h4-7,10,12H,3H2,1-2H3/t10-,12-/m0/s1. The normalized spacial score (nSPS) is 23.2. The molecule has 2 atom stereocenters. The summed E-state index contributed by atoms with van der Waals surface area (Å²) in [5, 5.41) is 3.56. The van der Waals surface area contributed by atoms with E-state index in [0.717, 1.165) is 10.5 Å². The van der Waals surface area contributed by atoms with Crippen LogP contribution in [0.4, 0.5) is 5.69 Å². The maximum atomic E-state index is 12.5. The fraction of sp³-hybridized carbons (Fsp3) is 0.333. The Morgan fingerprint density at radius 1 is 1.27 bits per heavy atom. The predicted octanol–water partition coefficient (Wildman–Crippen LogP) is 0.802. The van der Waals surface area contributed by atoms with E-state index in [2.05, 4.69) is 5.16 Å². The number of imide groups is 1. The number of hydrogen-bond donors (Lipinski definition) is 0. The van der Waals surface area contributed by atoms with E-state index in [1.165, 1.54) is 0 Å². The number of hydrogen-bond acceptors (Lipinski definition) is 6. The molecule has 2 aliphatic heterocycles. The first kappa shape index (κ1) is 14.2. The molecular formula is C15H14N2O5. The van der Waals surface area contributed by atoms with Crippen molar-refractivity contribution in [3.8, 4) is 0 Å². The van der Waals surface area contributed by atoms with Crippen LogP contribution in [0.15, 0.2) is 29.4 Å². The quantitative estimate of drug-likeness (QED) is 0.609. The van der Waals surface area contributed by atoms with Crippen molar-refractivity contribution in [2.45, 2.75) is 20.0 Å². The minimum atomic E-state index is -1.09. The Morgan fingerprint density at radius 2 is 1.95 bits per heavy atom. The molecule has 0 bridgehead atoms. The van der Waals surface area contributed by atoms with Gasteiger partial charge in [-0.3, -0.25) is 9.59 Å². The van der Waals surface area contributed by atoms with Crippen LogP contribution in [0.1, 0.15) is 12.5 Å². The SMILES string of the molecule is CCOC(=O)C1=NO[C@@H]2C(=O)N(c3ccc(C)cc3)C(=O)[C@@H]12. The van der Waals surface area contributed by atoms with Crippen LogP contribution in [0.5, 0.6) is 0 Å². The summed E-state index contributed by atoms with van der Waals surface area (Å²) < 4.78 is 4.84. The van der Waals surface area contributed by atoms with Crippen LogP contribution in [0.2, 0.25) is 0 Å². The lowest BCUT2D eigenvalue weighted by Crippen LogP contribution is -2.35. The van der Waals surface area contributed by atoms with Gasteiger partial charge in [-0.15, -0.1) is 0 Å². The highest BCUT2D eigenvalue weighted by Crippen LogP contribution is 2.33. The monoisotopic (exact) mass is 302 g/mol. The average Bonchev–Trinajstić information content (AvgIpc) is 3.03. The van der Waals surface area contributed by atoms with Crippen LogP contribution in [-0.4, -0.2) is 36.2 Å². The highest BCUT2D eigenvalue weighted by Gasteiger charge is 2.58. The molecule has 22 heavy (non-hydrogen) atoms. The molecule has 0 saturated carbocycles. The number of carbonyl (C=O) groups is 3. The molecule has 1 aromatic rings. The number of carbonyl (C=O) groups excluding carboxylic acids is 3. The molecule has 1 saturated heterocycles. The van der Waals surface area contributed by atoms with Gasteiger partial charge in [-0.05, 0) is 26.0 Å². The summed E-state index contributed by atoms with van der Waals surface area (Å²) in [5.41, 5.74) is 1.30. The fourth-order valence-corrected chi connectivity index (χ4v) is 2.50. The van der Waals surface area contributed by atoms with Gasteiger partial charge in [0.05, 0.1) is 12.3 Å². The van der Waals surface area contributed by atoms with Gasteiger partial charge in [-0.2, -0.15) is 0 Å². The molecule has 2 aliphatic rings. The molecule has 1 fully saturated rings. The minimum absolute atomic E-state index is 0.152. The predicted molar refractivity (Wildman–Crippen MR) is 76.1 cm³/mol. The van der Waals surface area contributed by atoms with Crippen molar-refractivity contribution >= 4 is 29.2 Å². The summed E-state index contributed by atoms with van der Waals surface area (Å²) in [6.45, 7) is 3.70. The van der Waals surface area contributed by atoms with E-state index in [-0.39, 0.29) is 12.3 Å². The molecule has 0 aliphatic carbocycles. The van der Waals surface area contributed by atoms with Gasteiger partial charge in [0.1, 0.15) is 5.92 Å². The highest BCUT2D eigenvalue weighted by molar-refractivity contribution is 6.46. The molecule has 3 rings (SSSR count). The number of benzene rings is 1. The maximum Gasteiger partial charge on any atom is 0.357 e. The van der Waals surface area contributed by atoms with Crippen molar-refractivity contribution in [3.63, 3.8) is 0 Å². The molecular weight excluding hydrogens is 288 g/mol. The van der Waals surface area contributed by atoms with Gasteiger partial charge in [0, 0.05) is 0 Å². The lowest BCUT2D eigenvalue weighted by atomic mass is 10.00. The molecule has 0 spiro atoms. The lowest BCUT2D eigenvalue weighted by Gasteiger charge is -2.15. The summed E-state index contributed by atoms with van der Waals surface area (Å²) >= 11 is 0. The van der Waals surface area contributed by atoms with Crippen molar-refractivity contribution < 1.29 is 24.0 Å². The Labute approximate surface area is 126 Å². The van der Waals surface area contributed by atoms with Gasteiger partial charge >= 0.3 is 5.97 Å². The van der Waals surface area contributed by atoms with Crippen LogP contribution >= 0.6 is 0 Å². The molecule has 7 nitrogen and oxygen atoms in total. The number of fused-ring (bicyclic) bond motifs is 1. The van der Waals surface area contributed by atoms with E-state index in [4.69, 9.17) is 9.57 Å². The highest BCUT2D eigenvalue weighted by atomic mass is 16.7. The van der Waals surface area contributed by atoms with Gasteiger partial charge in [0.25, 0.3) is 5.91 Å². The summed E-state index contributed by atoms with van der Waals surface area (Å²) in [6.07, 6.45) is -1.09. The van der Waals surface area contributed by atoms with Crippen LogP contribution in [0.3, 0.4) is 0 Å². The number of rotatable bonds is 3. The average molecular weight is 302 g/mol. The topological polar surface area (TPSA) is 85.3 Å². The Kier molecular flexibility index (Phi) is 3.40. The van der Waals surface area contributed by atoms with E-state index in [0.29, 0.717) is 5.69 Å². The first-order valence-electron chi connectivity index (χ1n) is 6.90. The van der Waals surface area contributed by atoms with E-state index in [9.17, 15) is 14.4 Å². The molecule has 2 amide bonds. The van der Waals surface area contributed by atoms with Gasteiger partial charge in [0.2, 0.25) is 12.0 Å². The number of esters is 1. The molecule has 1 aromatic carbocycles. The first-order chi connectivity index (χ1) is 10.5.